The van der Waals surface area contributed by atoms with E-state index in [0.29, 0.717) is 23.9 Å². The van der Waals surface area contributed by atoms with Gasteiger partial charge < -0.3 is 27.2 Å². The van der Waals surface area contributed by atoms with Crippen molar-refractivity contribution in [3.8, 4) is 0 Å². The Labute approximate surface area is 152 Å². The van der Waals surface area contributed by atoms with E-state index in [2.05, 4.69) is 0 Å². The molecule has 130 valence electrons. The highest BCUT2D eigenvalue weighted by molar-refractivity contribution is 6.28. The molecular formula is C18H21Cl2NO3. The summed E-state index contributed by atoms with van der Waals surface area (Å²) in [7, 11) is 0. The van der Waals surface area contributed by atoms with Gasteiger partial charge in [0, 0.05) is 0 Å². The van der Waals surface area contributed by atoms with E-state index in [1.54, 1.807) is 18.2 Å². The fraction of sp³-hybridized carbons (Fsp3) is 0.278. The van der Waals surface area contributed by atoms with Gasteiger partial charge in [-0.3, -0.25) is 4.79 Å². The Morgan fingerprint density at radius 1 is 1.29 bits per heavy atom. The smallest absolute Gasteiger partial charge is 0.193 e. The lowest BCUT2D eigenvalue weighted by atomic mass is 10.0. The zero-order chi connectivity index (χ0) is 16.7. The number of furan rings is 1. The predicted octanol–water partition coefficient (Wildman–Crippen LogP) is -0.405. The molecule has 0 spiro atoms. The van der Waals surface area contributed by atoms with Gasteiger partial charge in [0.05, 0.1) is 13.0 Å². The monoisotopic (exact) mass is 369 g/mol. The third-order valence-corrected chi connectivity index (χ3v) is 3.80. The van der Waals surface area contributed by atoms with Crippen LogP contribution in [0.3, 0.4) is 0 Å². The number of carbonyl (C=O) groups excluding carboxylic acids is 1. The molecule has 0 saturated carbocycles. The highest BCUT2D eigenvalue weighted by Gasteiger charge is 2.18. The van der Waals surface area contributed by atoms with Crippen LogP contribution >= 0.6 is 11.6 Å². The molecule has 0 fully saturated rings. The molecule has 2 rings (SSSR count). The topological polar surface area (TPSA) is 67.0 Å². The molecule has 24 heavy (non-hydrogen) atoms. The molecule has 3 N–H and O–H groups in total. The van der Waals surface area contributed by atoms with Crippen molar-refractivity contribution in [1.29, 1.82) is 0 Å². The normalized spacial score (nSPS) is 13.5. The van der Waals surface area contributed by atoms with E-state index >= 15 is 0 Å². The second-order valence-corrected chi connectivity index (χ2v) is 5.80. The number of hydrogen-bond acceptors (Lipinski definition) is 3. The zero-order valence-corrected chi connectivity index (χ0v) is 14.9. The van der Waals surface area contributed by atoms with Crippen molar-refractivity contribution < 1.29 is 32.0 Å². The molecule has 0 saturated heterocycles. The van der Waals surface area contributed by atoms with Gasteiger partial charge in [-0.05, 0) is 48.4 Å². The number of quaternary nitrogens is 1. The van der Waals surface area contributed by atoms with E-state index in [9.17, 15) is 9.90 Å². The average molecular weight is 370 g/mol. The molecule has 4 nitrogen and oxygen atoms in total. The first-order chi connectivity index (χ1) is 11.1. The van der Waals surface area contributed by atoms with Crippen molar-refractivity contribution in [3.63, 3.8) is 0 Å². The number of aliphatic hydroxyl groups is 1. The summed E-state index contributed by atoms with van der Waals surface area (Å²) in [6.07, 6.45) is 2.95. The quantitative estimate of drug-likeness (QED) is 0.622. The Morgan fingerprint density at radius 2 is 2.00 bits per heavy atom. The maximum absolute atomic E-state index is 11.8. The van der Waals surface area contributed by atoms with Gasteiger partial charge in [-0.25, -0.2) is 0 Å². The van der Waals surface area contributed by atoms with Crippen LogP contribution in [0.25, 0.3) is 6.08 Å². The lowest BCUT2D eigenvalue weighted by Gasteiger charge is -2.17. The second-order valence-electron chi connectivity index (χ2n) is 5.43. The first-order valence-electron chi connectivity index (χ1n) is 7.59. The molecular weight excluding hydrogens is 349 g/mol. The lowest BCUT2D eigenvalue weighted by Crippen LogP contribution is -3.00. The minimum atomic E-state index is -0.549. The van der Waals surface area contributed by atoms with E-state index in [1.165, 1.54) is 6.08 Å². The molecule has 0 amide bonds. The lowest BCUT2D eigenvalue weighted by molar-refractivity contribution is -0.693. The number of aliphatic hydroxyl groups excluding tert-OH is 1. The molecule has 0 aliphatic heterocycles. The van der Waals surface area contributed by atoms with Gasteiger partial charge >= 0.3 is 0 Å². The number of nitrogens with two attached hydrogens (primary N) is 1. The van der Waals surface area contributed by atoms with E-state index in [4.69, 9.17) is 16.0 Å². The predicted molar refractivity (Wildman–Crippen MR) is 90.0 cm³/mol. The van der Waals surface area contributed by atoms with Gasteiger partial charge in [-0.1, -0.05) is 30.3 Å². The number of carbonyl (C=O) groups is 1. The van der Waals surface area contributed by atoms with Crippen LogP contribution in [0, 0.1) is 0 Å². The van der Waals surface area contributed by atoms with Gasteiger partial charge in [0.25, 0.3) is 0 Å². The fourth-order valence-electron chi connectivity index (χ4n) is 2.25. The number of hydrogen-bond donors (Lipinski definition) is 2. The molecule has 2 unspecified atom stereocenters. The summed E-state index contributed by atoms with van der Waals surface area (Å²) in [6, 6.07) is 12.8. The number of benzene rings is 1. The summed E-state index contributed by atoms with van der Waals surface area (Å²) >= 11 is 5.66. The molecule has 0 radical (unpaired) electrons. The minimum Gasteiger partial charge on any atom is -1.00 e. The van der Waals surface area contributed by atoms with Crippen LogP contribution in [0.2, 0.25) is 5.22 Å². The maximum Gasteiger partial charge on any atom is 0.193 e. The highest BCUT2D eigenvalue weighted by Crippen LogP contribution is 2.15. The Balaban J connectivity index is 0.00000288. The van der Waals surface area contributed by atoms with Crippen LogP contribution in [-0.4, -0.2) is 23.5 Å². The average Bonchev–Trinajstić information content (AvgIpc) is 2.98. The van der Waals surface area contributed by atoms with E-state index in [0.717, 1.165) is 5.56 Å². The van der Waals surface area contributed by atoms with Crippen molar-refractivity contribution in [1.82, 2.24) is 0 Å². The summed E-state index contributed by atoms with van der Waals surface area (Å²) in [5.74, 6) is 0.565. The number of rotatable bonds is 8. The van der Waals surface area contributed by atoms with Crippen molar-refractivity contribution in [2.45, 2.75) is 25.5 Å². The van der Waals surface area contributed by atoms with Crippen LogP contribution in [-0.2, 0) is 4.79 Å². The van der Waals surface area contributed by atoms with Gasteiger partial charge in [0.2, 0.25) is 0 Å². The molecule has 2 atom stereocenters. The first kappa shape index (κ1) is 20.5. The summed E-state index contributed by atoms with van der Waals surface area (Å²) in [5.41, 5.74) is 0.886. The summed E-state index contributed by atoms with van der Waals surface area (Å²) in [4.78, 5) is 11.8. The molecule has 2 aromatic rings. The molecule has 0 aliphatic rings. The van der Waals surface area contributed by atoms with Gasteiger partial charge in [-0.2, -0.15) is 0 Å². The van der Waals surface area contributed by atoms with Gasteiger partial charge in [-0.15, -0.1) is 0 Å². The number of halogens is 2. The third-order valence-electron chi connectivity index (χ3n) is 3.60. The van der Waals surface area contributed by atoms with E-state index in [-0.39, 0.29) is 24.2 Å². The van der Waals surface area contributed by atoms with Crippen LogP contribution < -0.4 is 17.7 Å². The van der Waals surface area contributed by atoms with Crippen LogP contribution in [0.5, 0.6) is 0 Å². The Kier molecular flexibility index (Phi) is 8.79. The van der Waals surface area contributed by atoms with Crippen LogP contribution in [0.1, 0.15) is 30.8 Å². The molecule has 1 aromatic carbocycles. The largest absolute Gasteiger partial charge is 1.00 e. The van der Waals surface area contributed by atoms with E-state index < -0.39 is 6.10 Å². The van der Waals surface area contributed by atoms with Crippen molar-refractivity contribution in [3.05, 3.63) is 65.1 Å². The number of ketones is 1. The Hall–Kier alpha value is -1.59. The maximum atomic E-state index is 11.8. The zero-order valence-electron chi connectivity index (χ0n) is 13.4. The molecule has 1 heterocycles. The summed E-state index contributed by atoms with van der Waals surface area (Å²) in [6.45, 7) is 2.57. The van der Waals surface area contributed by atoms with Gasteiger partial charge in [0.15, 0.2) is 11.0 Å². The SMILES string of the molecule is CC([NH2+]CCC(=O)/C=C/c1ccc(Cl)o1)C(O)c1ccccc1.[Cl-]. The van der Waals surface area contributed by atoms with Gasteiger partial charge in [0.1, 0.15) is 17.9 Å². The van der Waals surface area contributed by atoms with Crippen LogP contribution in [0.4, 0.5) is 0 Å². The standard InChI is InChI=1S/C18H20ClNO3.ClH/c1-13(18(22)14-5-3-2-4-6-14)20-12-11-15(21)7-8-16-9-10-17(19)23-16;/h2-10,13,18,20,22H,11-12H2,1H3;1H/b8-7+;. The number of allylic oxidation sites excluding steroid dienone is 1. The van der Waals surface area contributed by atoms with Crippen molar-refractivity contribution >= 4 is 23.5 Å². The fourth-order valence-corrected chi connectivity index (χ4v) is 2.40. The second kappa shape index (κ2) is 10.3. The minimum absolute atomic E-state index is 0. The third kappa shape index (κ3) is 6.49. The van der Waals surface area contributed by atoms with Crippen LogP contribution in [0.15, 0.2) is 53.0 Å². The molecule has 6 heteroatoms. The molecule has 1 aromatic heterocycles. The molecule has 0 aliphatic carbocycles. The Morgan fingerprint density at radius 3 is 2.62 bits per heavy atom. The summed E-state index contributed by atoms with van der Waals surface area (Å²) < 4.78 is 5.14. The van der Waals surface area contributed by atoms with E-state index in [1.807, 2.05) is 42.6 Å². The first-order valence-corrected chi connectivity index (χ1v) is 7.96. The summed E-state index contributed by atoms with van der Waals surface area (Å²) in [5, 5.41) is 12.5. The van der Waals surface area contributed by atoms with Crippen molar-refractivity contribution in [2.24, 2.45) is 0 Å². The highest BCUT2D eigenvalue weighted by atomic mass is 35.5. The molecule has 0 bridgehead atoms. The Bertz CT molecular complexity index is 655. The van der Waals surface area contributed by atoms with Crippen molar-refractivity contribution in [2.75, 3.05) is 6.54 Å².